The van der Waals surface area contributed by atoms with Gasteiger partial charge in [-0.3, -0.25) is 5.10 Å². The molecule has 0 atom stereocenters. The Morgan fingerprint density at radius 2 is 2.20 bits per heavy atom. The molecule has 0 aliphatic rings. The first kappa shape index (κ1) is 9.58. The van der Waals surface area contributed by atoms with Crippen molar-refractivity contribution in [3.63, 3.8) is 0 Å². The highest BCUT2D eigenvalue weighted by molar-refractivity contribution is 5.69. The molecule has 2 rings (SSSR count). The van der Waals surface area contributed by atoms with Crippen LogP contribution in [0.2, 0.25) is 0 Å². The molecule has 4 heteroatoms. The molecule has 0 fully saturated rings. The van der Waals surface area contributed by atoms with Gasteiger partial charge < -0.3 is 10.1 Å². The topological polar surface area (TPSA) is 49.9 Å². The van der Waals surface area contributed by atoms with E-state index >= 15 is 0 Å². The summed E-state index contributed by atoms with van der Waals surface area (Å²) in [5.41, 5.74) is 3.11. The molecule has 4 nitrogen and oxygen atoms in total. The predicted octanol–water partition coefficient (Wildman–Crippen LogP) is 2.13. The van der Waals surface area contributed by atoms with Crippen molar-refractivity contribution in [2.75, 3.05) is 19.5 Å². The zero-order chi connectivity index (χ0) is 10.7. The maximum atomic E-state index is 5.28. The van der Waals surface area contributed by atoms with Gasteiger partial charge in [0.05, 0.1) is 19.0 Å². The number of benzene rings is 1. The Bertz CT molecular complexity index is 437. The van der Waals surface area contributed by atoms with Crippen LogP contribution in [0.25, 0.3) is 11.1 Å². The highest BCUT2D eigenvalue weighted by Gasteiger charge is 2.04. The van der Waals surface area contributed by atoms with Crippen LogP contribution in [0.3, 0.4) is 0 Å². The quantitative estimate of drug-likeness (QED) is 0.803. The zero-order valence-electron chi connectivity index (χ0n) is 8.74. The smallest absolute Gasteiger partial charge is 0.142 e. The maximum Gasteiger partial charge on any atom is 0.142 e. The van der Waals surface area contributed by atoms with Crippen LogP contribution in [0.15, 0.2) is 30.6 Å². The van der Waals surface area contributed by atoms with Crippen LogP contribution in [-0.4, -0.2) is 24.4 Å². The van der Waals surface area contributed by atoms with Crippen LogP contribution in [0.5, 0.6) is 5.75 Å². The van der Waals surface area contributed by atoms with E-state index in [4.69, 9.17) is 4.74 Å². The van der Waals surface area contributed by atoms with Crippen molar-refractivity contribution >= 4 is 5.69 Å². The van der Waals surface area contributed by atoms with Gasteiger partial charge in [0.15, 0.2) is 0 Å². The number of aromatic amines is 1. The summed E-state index contributed by atoms with van der Waals surface area (Å²) in [5.74, 6) is 0.830. The first-order valence-electron chi connectivity index (χ1n) is 4.70. The first-order valence-corrected chi connectivity index (χ1v) is 4.70. The summed E-state index contributed by atoms with van der Waals surface area (Å²) in [4.78, 5) is 0. The van der Waals surface area contributed by atoms with E-state index in [1.54, 1.807) is 13.3 Å². The van der Waals surface area contributed by atoms with E-state index in [1.807, 2.05) is 31.4 Å². The van der Waals surface area contributed by atoms with Gasteiger partial charge in [0.25, 0.3) is 0 Å². The number of aromatic nitrogens is 2. The fourth-order valence-corrected chi connectivity index (χ4v) is 1.49. The van der Waals surface area contributed by atoms with Crippen molar-refractivity contribution in [1.82, 2.24) is 10.2 Å². The first-order chi connectivity index (χ1) is 7.35. The van der Waals surface area contributed by atoms with Crippen LogP contribution in [0, 0.1) is 0 Å². The second-order valence-electron chi connectivity index (χ2n) is 3.15. The summed E-state index contributed by atoms with van der Waals surface area (Å²) in [6.07, 6.45) is 3.64. The molecule has 0 saturated carbocycles. The molecule has 1 aromatic heterocycles. The molecule has 2 aromatic rings. The lowest BCUT2D eigenvalue weighted by atomic mass is 10.1. The van der Waals surface area contributed by atoms with Crippen molar-refractivity contribution in [2.45, 2.75) is 0 Å². The number of ether oxygens (including phenoxy) is 1. The molecular weight excluding hydrogens is 190 g/mol. The number of anilines is 1. The van der Waals surface area contributed by atoms with Crippen molar-refractivity contribution in [2.24, 2.45) is 0 Å². The van der Waals surface area contributed by atoms with Crippen LogP contribution >= 0.6 is 0 Å². The maximum absolute atomic E-state index is 5.28. The normalized spacial score (nSPS) is 10.0. The zero-order valence-corrected chi connectivity index (χ0v) is 8.74. The molecule has 0 radical (unpaired) electrons. The highest BCUT2D eigenvalue weighted by atomic mass is 16.5. The molecule has 1 aromatic carbocycles. The molecule has 0 saturated heterocycles. The van der Waals surface area contributed by atoms with Gasteiger partial charge in [-0.05, 0) is 17.7 Å². The number of nitrogens with one attached hydrogen (secondary N) is 2. The minimum Gasteiger partial charge on any atom is -0.495 e. The van der Waals surface area contributed by atoms with Crippen molar-refractivity contribution < 1.29 is 4.74 Å². The van der Waals surface area contributed by atoms with E-state index < -0.39 is 0 Å². The molecule has 0 aliphatic carbocycles. The Morgan fingerprint density at radius 1 is 1.33 bits per heavy atom. The average molecular weight is 203 g/mol. The van der Waals surface area contributed by atoms with Crippen molar-refractivity contribution in [1.29, 1.82) is 0 Å². The standard InChI is InChI=1S/C11H13N3O/c1-12-10-4-3-8(5-11(10)15-2)9-6-13-14-7-9/h3-7,12H,1-2H3,(H,13,14). The number of methoxy groups -OCH3 is 1. The summed E-state index contributed by atoms with van der Waals surface area (Å²) in [6.45, 7) is 0. The Morgan fingerprint density at radius 3 is 2.80 bits per heavy atom. The Labute approximate surface area is 88.3 Å². The Kier molecular flexibility index (Phi) is 2.58. The fourth-order valence-electron chi connectivity index (χ4n) is 1.49. The summed E-state index contributed by atoms with van der Waals surface area (Å²) < 4.78 is 5.28. The highest BCUT2D eigenvalue weighted by Crippen LogP contribution is 2.29. The van der Waals surface area contributed by atoms with Crippen LogP contribution < -0.4 is 10.1 Å². The predicted molar refractivity (Wildman–Crippen MR) is 60.1 cm³/mol. The minimum atomic E-state index is 0.830. The fraction of sp³-hybridized carbons (Fsp3) is 0.182. The molecular formula is C11H13N3O. The van der Waals surface area contributed by atoms with E-state index in [0.29, 0.717) is 0 Å². The third-order valence-electron chi connectivity index (χ3n) is 2.30. The van der Waals surface area contributed by atoms with Gasteiger partial charge >= 0.3 is 0 Å². The van der Waals surface area contributed by atoms with Gasteiger partial charge in [0.2, 0.25) is 0 Å². The lowest BCUT2D eigenvalue weighted by Gasteiger charge is -2.09. The van der Waals surface area contributed by atoms with E-state index in [-0.39, 0.29) is 0 Å². The van der Waals surface area contributed by atoms with E-state index in [1.165, 1.54) is 0 Å². The monoisotopic (exact) mass is 203 g/mol. The molecule has 15 heavy (non-hydrogen) atoms. The number of rotatable bonds is 3. The summed E-state index contributed by atoms with van der Waals surface area (Å²) >= 11 is 0. The van der Waals surface area contributed by atoms with Gasteiger partial charge in [-0.15, -0.1) is 0 Å². The number of H-pyrrole nitrogens is 1. The lowest BCUT2D eigenvalue weighted by molar-refractivity contribution is 0.417. The molecule has 0 aliphatic heterocycles. The van der Waals surface area contributed by atoms with E-state index in [2.05, 4.69) is 15.5 Å². The number of hydrogen-bond acceptors (Lipinski definition) is 3. The van der Waals surface area contributed by atoms with Gasteiger partial charge in [-0.25, -0.2) is 0 Å². The van der Waals surface area contributed by atoms with Gasteiger partial charge in [-0.1, -0.05) is 6.07 Å². The molecule has 0 unspecified atom stereocenters. The van der Waals surface area contributed by atoms with E-state index in [0.717, 1.165) is 22.6 Å². The Balaban J connectivity index is 2.43. The third kappa shape index (κ3) is 1.79. The van der Waals surface area contributed by atoms with E-state index in [9.17, 15) is 0 Å². The second kappa shape index (κ2) is 4.04. The van der Waals surface area contributed by atoms with Gasteiger partial charge in [0, 0.05) is 18.8 Å². The molecule has 78 valence electrons. The average Bonchev–Trinajstić information content (AvgIpc) is 2.81. The molecule has 2 N–H and O–H groups in total. The SMILES string of the molecule is CNc1ccc(-c2cn[nH]c2)cc1OC. The molecule has 0 bridgehead atoms. The third-order valence-corrected chi connectivity index (χ3v) is 2.30. The summed E-state index contributed by atoms with van der Waals surface area (Å²) in [5, 5.41) is 9.77. The summed E-state index contributed by atoms with van der Waals surface area (Å²) in [7, 11) is 3.53. The van der Waals surface area contributed by atoms with Crippen LogP contribution in [0.1, 0.15) is 0 Å². The summed E-state index contributed by atoms with van der Waals surface area (Å²) in [6, 6.07) is 6.00. The Hall–Kier alpha value is -1.97. The van der Waals surface area contributed by atoms with Crippen LogP contribution in [0.4, 0.5) is 5.69 Å². The number of hydrogen-bond donors (Lipinski definition) is 2. The lowest BCUT2D eigenvalue weighted by Crippen LogP contribution is -1.93. The van der Waals surface area contributed by atoms with Gasteiger partial charge in [0.1, 0.15) is 5.75 Å². The largest absolute Gasteiger partial charge is 0.495 e. The molecule has 1 heterocycles. The van der Waals surface area contributed by atoms with Crippen molar-refractivity contribution in [3.8, 4) is 16.9 Å². The second-order valence-corrected chi connectivity index (χ2v) is 3.15. The molecule has 0 spiro atoms. The molecule has 0 amide bonds. The number of nitrogens with zero attached hydrogens (tertiary/aromatic N) is 1. The van der Waals surface area contributed by atoms with Crippen LogP contribution in [-0.2, 0) is 0 Å². The van der Waals surface area contributed by atoms with Crippen molar-refractivity contribution in [3.05, 3.63) is 30.6 Å². The minimum absolute atomic E-state index is 0.830. The van der Waals surface area contributed by atoms with Gasteiger partial charge in [-0.2, -0.15) is 5.10 Å².